The monoisotopic (exact) mass is 498 g/mol. The minimum Gasteiger partial charge on any atom is -0.326 e. The summed E-state index contributed by atoms with van der Waals surface area (Å²) in [7, 11) is 0. The number of aromatic nitrogens is 3. The fourth-order valence-electron chi connectivity index (χ4n) is 4.41. The topological polar surface area (TPSA) is 64.2 Å². The second kappa shape index (κ2) is 10.9. The number of thioether (sulfide) groups is 1. The summed E-state index contributed by atoms with van der Waals surface area (Å²) in [5.41, 5.74) is 3.96. The van der Waals surface area contributed by atoms with Gasteiger partial charge in [-0.05, 0) is 88.4 Å². The first kappa shape index (κ1) is 24.8. The molecule has 0 aliphatic carbocycles. The molecule has 1 saturated heterocycles. The second-order valence-corrected chi connectivity index (χ2v) is 10.9. The van der Waals surface area contributed by atoms with E-state index in [1.54, 1.807) is 0 Å². The smallest absolute Gasteiger partial charge is 0.237 e. The molecule has 0 radical (unpaired) electrons. The van der Waals surface area contributed by atoms with Crippen LogP contribution in [0.3, 0.4) is 0 Å². The summed E-state index contributed by atoms with van der Waals surface area (Å²) in [4.78, 5) is 14.6. The summed E-state index contributed by atoms with van der Waals surface area (Å²) in [6, 6.07) is 14.0. The van der Waals surface area contributed by atoms with E-state index < -0.39 is 0 Å². The Morgan fingerprint density at radius 3 is 2.47 bits per heavy atom. The first-order valence-electron chi connectivity index (χ1n) is 11.9. The van der Waals surface area contributed by atoms with Gasteiger partial charge >= 0.3 is 0 Å². The summed E-state index contributed by atoms with van der Waals surface area (Å²) in [5.74, 6) is 0.865. The van der Waals surface area contributed by atoms with Gasteiger partial charge in [-0.1, -0.05) is 35.5 Å². The van der Waals surface area contributed by atoms with Crippen LogP contribution in [0, 0.1) is 13.8 Å². The number of quaternary nitrogens is 1. The molecule has 2 heterocycles. The van der Waals surface area contributed by atoms with E-state index >= 15 is 0 Å². The van der Waals surface area contributed by atoms with Gasteiger partial charge in [-0.15, -0.1) is 10.2 Å². The molecule has 2 N–H and O–H groups in total. The number of hydrogen-bond donors (Lipinski definition) is 2. The Hall–Kier alpha value is -2.35. The molecule has 1 aliphatic rings. The number of carbonyl (C=O) groups is 1. The van der Waals surface area contributed by atoms with Crippen LogP contribution in [0.1, 0.15) is 56.1 Å². The lowest BCUT2D eigenvalue weighted by molar-refractivity contribution is -0.935. The van der Waals surface area contributed by atoms with E-state index in [1.807, 2.05) is 63.2 Å². The van der Waals surface area contributed by atoms with Crippen LogP contribution in [0.2, 0.25) is 5.02 Å². The predicted molar refractivity (Wildman–Crippen MR) is 139 cm³/mol. The molecule has 1 amide bonds. The molecule has 3 aromatic rings. The summed E-state index contributed by atoms with van der Waals surface area (Å²) >= 11 is 7.59. The molecule has 8 heteroatoms. The van der Waals surface area contributed by atoms with Crippen LogP contribution in [-0.4, -0.2) is 39.0 Å². The number of piperidine rings is 1. The summed E-state index contributed by atoms with van der Waals surface area (Å²) < 4.78 is 2.09. The van der Waals surface area contributed by atoms with Crippen molar-refractivity contribution in [3.05, 3.63) is 64.4 Å². The summed E-state index contributed by atoms with van der Waals surface area (Å²) in [6.07, 6.45) is 3.78. The van der Waals surface area contributed by atoms with E-state index in [1.165, 1.54) is 35.9 Å². The highest BCUT2D eigenvalue weighted by atomic mass is 35.5. The zero-order valence-electron chi connectivity index (χ0n) is 20.3. The highest BCUT2D eigenvalue weighted by Gasteiger charge is 2.30. The molecule has 1 aromatic heterocycles. The molecule has 6 nitrogen and oxygen atoms in total. The van der Waals surface area contributed by atoms with Gasteiger partial charge in [0.15, 0.2) is 11.0 Å². The van der Waals surface area contributed by atoms with Crippen LogP contribution in [-0.2, 0) is 4.79 Å². The Labute approximate surface area is 211 Å². The number of carbonyl (C=O) groups excluding carboxylic acids is 1. The number of halogens is 1. The van der Waals surface area contributed by atoms with Gasteiger partial charge in [0.2, 0.25) is 5.91 Å². The van der Waals surface area contributed by atoms with Gasteiger partial charge in [-0.2, -0.15) is 0 Å². The Morgan fingerprint density at radius 2 is 1.76 bits per heavy atom. The molecule has 34 heavy (non-hydrogen) atoms. The van der Waals surface area contributed by atoms with E-state index in [4.69, 9.17) is 11.6 Å². The van der Waals surface area contributed by atoms with Crippen molar-refractivity contribution in [3.8, 4) is 5.69 Å². The van der Waals surface area contributed by atoms with Gasteiger partial charge < -0.3 is 10.2 Å². The van der Waals surface area contributed by atoms with Crippen LogP contribution < -0.4 is 10.2 Å². The molecule has 0 saturated carbocycles. The number of nitrogens with one attached hydrogen (secondary N) is 2. The maximum absolute atomic E-state index is 13.0. The van der Waals surface area contributed by atoms with Crippen molar-refractivity contribution in [1.29, 1.82) is 0 Å². The van der Waals surface area contributed by atoms with Crippen molar-refractivity contribution >= 4 is 35.0 Å². The third-order valence-corrected chi connectivity index (χ3v) is 7.84. The molecule has 2 unspecified atom stereocenters. The average Bonchev–Trinajstić information content (AvgIpc) is 3.25. The number of likely N-dealkylation sites (tertiary alicyclic amines) is 1. The molecule has 0 bridgehead atoms. The first-order valence-corrected chi connectivity index (χ1v) is 13.2. The van der Waals surface area contributed by atoms with Crippen molar-refractivity contribution < 1.29 is 9.69 Å². The van der Waals surface area contributed by atoms with E-state index in [-0.39, 0.29) is 17.2 Å². The van der Waals surface area contributed by atoms with Crippen molar-refractivity contribution in [2.75, 3.05) is 18.4 Å². The van der Waals surface area contributed by atoms with Gasteiger partial charge in [-0.25, -0.2) is 0 Å². The van der Waals surface area contributed by atoms with Crippen molar-refractivity contribution in [3.63, 3.8) is 0 Å². The number of aryl methyl sites for hydroxylation is 2. The van der Waals surface area contributed by atoms with E-state index in [0.29, 0.717) is 10.2 Å². The maximum Gasteiger partial charge on any atom is 0.237 e. The Bertz CT molecular complexity index is 1140. The fourth-order valence-corrected chi connectivity index (χ4v) is 5.41. The molecular weight excluding hydrogens is 466 g/mol. The lowest BCUT2D eigenvalue weighted by Crippen LogP contribution is -3.12. The highest BCUT2D eigenvalue weighted by Crippen LogP contribution is 2.29. The number of benzene rings is 2. The van der Waals surface area contributed by atoms with Crippen molar-refractivity contribution in [1.82, 2.24) is 14.8 Å². The van der Waals surface area contributed by atoms with Gasteiger partial charge in [0.25, 0.3) is 0 Å². The standard InChI is InChI=1S/C26H32ClN5OS/c1-17-8-9-18(2)23(16-17)28-25(33)20(4)34-26-30-29-24(19(3)31-14-6-5-7-15-31)32(26)22-12-10-21(27)11-13-22/h8-13,16,19-20H,5-7,14-15H2,1-4H3,(H,28,33)/p+1. The van der Waals surface area contributed by atoms with Crippen LogP contribution in [0.15, 0.2) is 47.6 Å². The molecule has 0 spiro atoms. The van der Waals surface area contributed by atoms with E-state index in [0.717, 1.165) is 41.4 Å². The fraction of sp³-hybridized carbons (Fsp3) is 0.423. The van der Waals surface area contributed by atoms with Crippen LogP contribution in [0.25, 0.3) is 5.69 Å². The average molecular weight is 499 g/mol. The van der Waals surface area contributed by atoms with Crippen LogP contribution in [0.4, 0.5) is 5.69 Å². The zero-order chi connectivity index (χ0) is 24.2. The maximum atomic E-state index is 13.0. The normalized spacial score (nSPS) is 16.3. The van der Waals surface area contributed by atoms with E-state index in [2.05, 4.69) is 27.0 Å². The Morgan fingerprint density at radius 1 is 1.06 bits per heavy atom. The Balaban J connectivity index is 1.60. The van der Waals surface area contributed by atoms with Crippen molar-refractivity contribution in [2.45, 2.75) is 63.4 Å². The van der Waals surface area contributed by atoms with Gasteiger partial charge in [-0.3, -0.25) is 9.36 Å². The predicted octanol–water partition coefficient (Wildman–Crippen LogP) is 4.79. The number of rotatable bonds is 7. The second-order valence-electron chi connectivity index (χ2n) is 9.16. The summed E-state index contributed by atoms with van der Waals surface area (Å²) in [6.45, 7) is 10.4. The van der Waals surface area contributed by atoms with Crippen LogP contribution in [0.5, 0.6) is 0 Å². The molecule has 1 fully saturated rings. The third kappa shape index (κ3) is 5.65. The molecule has 2 atom stereocenters. The molecule has 2 aromatic carbocycles. The summed E-state index contributed by atoms with van der Waals surface area (Å²) in [5, 5.41) is 13.3. The quantitative estimate of drug-likeness (QED) is 0.460. The molecule has 1 aliphatic heterocycles. The number of hydrogen-bond acceptors (Lipinski definition) is 4. The van der Waals surface area contributed by atoms with Gasteiger partial charge in [0.05, 0.1) is 18.3 Å². The lowest BCUT2D eigenvalue weighted by atomic mass is 10.1. The first-order chi connectivity index (χ1) is 16.3. The highest BCUT2D eigenvalue weighted by molar-refractivity contribution is 8.00. The molecule has 4 rings (SSSR count). The lowest BCUT2D eigenvalue weighted by Gasteiger charge is -2.29. The SMILES string of the molecule is Cc1ccc(C)c(NC(=O)C(C)Sc2nnc(C(C)[NH+]3CCCCC3)n2-c2ccc(Cl)cc2)c1. The zero-order valence-corrected chi connectivity index (χ0v) is 21.8. The largest absolute Gasteiger partial charge is 0.326 e. The minimum absolute atomic E-state index is 0.0550. The number of anilines is 1. The molecular formula is C26H33ClN5OS+. The van der Waals surface area contributed by atoms with E-state index in [9.17, 15) is 4.79 Å². The Kier molecular flexibility index (Phi) is 7.96. The number of nitrogens with zero attached hydrogens (tertiary/aromatic N) is 3. The van der Waals surface area contributed by atoms with Crippen LogP contribution >= 0.6 is 23.4 Å². The van der Waals surface area contributed by atoms with Gasteiger partial charge in [0.1, 0.15) is 6.04 Å². The number of amides is 1. The van der Waals surface area contributed by atoms with Gasteiger partial charge in [0, 0.05) is 16.4 Å². The van der Waals surface area contributed by atoms with Crippen molar-refractivity contribution in [2.24, 2.45) is 0 Å². The third-order valence-electron chi connectivity index (χ3n) is 6.54. The molecule has 180 valence electrons. The minimum atomic E-state index is -0.347.